The molecule has 3 nitrogen and oxygen atoms in total. The summed E-state index contributed by atoms with van der Waals surface area (Å²) in [6, 6.07) is 5.85. The fourth-order valence-electron chi connectivity index (χ4n) is 2.49. The molecule has 0 saturated heterocycles. The van der Waals surface area contributed by atoms with Gasteiger partial charge in [0.15, 0.2) is 5.78 Å². The summed E-state index contributed by atoms with van der Waals surface area (Å²) in [6.45, 7) is 11.9. The number of hydrogen-bond acceptors (Lipinski definition) is 3. The van der Waals surface area contributed by atoms with Crippen LogP contribution in [0.5, 0.6) is 5.75 Å². The minimum absolute atomic E-state index is 0.0858. The molecule has 1 rings (SSSR count). The molecule has 0 atom stereocenters. The van der Waals surface area contributed by atoms with Crippen LogP contribution in [0.2, 0.25) is 0 Å². The first-order chi connectivity index (χ1) is 10.7. The summed E-state index contributed by atoms with van der Waals surface area (Å²) >= 11 is 0. The van der Waals surface area contributed by atoms with Crippen LogP contribution in [0.15, 0.2) is 18.2 Å². The molecule has 0 aliphatic carbocycles. The summed E-state index contributed by atoms with van der Waals surface area (Å²) in [5, 5.41) is 10.7. The first-order valence-electron chi connectivity index (χ1n) is 8.69. The van der Waals surface area contributed by atoms with Gasteiger partial charge >= 0.3 is 0 Å². The van der Waals surface area contributed by atoms with Crippen LogP contribution >= 0.6 is 0 Å². The molecule has 0 amide bonds. The van der Waals surface area contributed by atoms with Crippen LogP contribution in [-0.2, 0) is 16.8 Å². The molecule has 0 bridgehead atoms. The average Bonchev–Trinajstić information content (AvgIpc) is 2.51. The number of carbonyl (C=O) groups is 1. The predicted molar refractivity (Wildman–Crippen MR) is 94.9 cm³/mol. The normalized spacial score (nSPS) is 12.3. The molecule has 0 radical (unpaired) electrons. The maximum atomic E-state index is 12.1. The van der Waals surface area contributed by atoms with E-state index in [1.54, 1.807) is 0 Å². The average molecular weight is 320 g/mol. The molecule has 0 spiro atoms. The fraction of sp³-hybridized carbons (Fsp3) is 0.650. The first kappa shape index (κ1) is 19.7. The highest BCUT2D eigenvalue weighted by Crippen LogP contribution is 2.32. The number of Topliss-reactive ketones (excluding diaryl/α,β-unsaturated/α-hetero) is 1. The van der Waals surface area contributed by atoms with Crippen molar-refractivity contribution in [1.29, 1.82) is 0 Å². The lowest BCUT2D eigenvalue weighted by Gasteiger charge is -2.27. The number of rotatable bonds is 8. The quantitative estimate of drug-likeness (QED) is 0.759. The Kier molecular flexibility index (Phi) is 6.82. The predicted octanol–water partition coefficient (Wildman–Crippen LogP) is 4.64. The number of aliphatic hydroxyl groups is 1. The topological polar surface area (TPSA) is 46.5 Å². The summed E-state index contributed by atoms with van der Waals surface area (Å²) in [6.07, 6.45) is 3.22. The zero-order chi connectivity index (χ0) is 17.7. The van der Waals surface area contributed by atoms with Gasteiger partial charge in [-0.2, -0.15) is 0 Å². The Balaban J connectivity index is 3.03. The summed E-state index contributed by atoms with van der Waals surface area (Å²) < 4.78 is 5.78. The van der Waals surface area contributed by atoms with Gasteiger partial charge in [0.2, 0.25) is 0 Å². The van der Waals surface area contributed by atoms with Gasteiger partial charge in [-0.05, 0) is 42.5 Å². The van der Waals surface area contributed by atoms with Crippen molar-refractivity contribution >= 4 is 5.78 Å². The zero-order valence-corrected chi connectivity index (χ0v) is 15.5. The zero-order valence-electron chi connectivity index (χ0n) is 15.5. The number of aryl methyl sites for hydroxylation is 1. The molecule has 0 aliphatic heterocycles. The van der Waals surface area contributed by atoms with E-state index < -0.39 is 11.0 Å². The third kappa shape index (κ3) is 5.07. The summed E-state index contributed by atoms with van der Waals surface area (Å²) in [7, 11) is 0. The molecule has 1 N–H and O–H groups in total. The van der Waals surface area contributed by atoms with Crippen molar-refractivity contribution in [3.05, 3.63) is 29.3 Å². The summed E-state index contributed by atoms with van der Waals surface area (Å²) in [4.78, 5) is 12.1. The van der Waals surface area contributed by atoms with E-state index in [1.165, 1.54) is 0 Å². The van der Waals surface area contributed by atoms with Crippen molar-refractivity contribution < 1.29 is 14.6 Å². The van der Waals surface area contributed by atoms with Gasteiger partial charge in [-0.1, -0.05) is 54.0 Å². The number of carbonyl (C=O) groups excluding carboxylic acids is 1. The van der Waals surface area contributed by atoms with Crippen molar-refractivity contribution in [2.24, 2.45) is 5.41 Å². The van der Waals surface area contributed by atoms with E-state index in [0.29, 0.717) is 12.8 Å². The molecule has 3 heteroatoms. The van der Waals surface area contributed by atoms with Gasteiger partial charge in [0, 0.05) is 5.41 Å². The van der Waals surface area contributed by atoms with Gasteiger partial charge in [0.05, 0.1) is 5.60 Å². The van der Waals surface area contributed by atoms with Crippen LogP contribution in [-0.4, -0.2) is 17.5 Å². The molecular formula is C20H32O3. The van der Waals surface area contributed by atoms with E-state index >= 15 is 0 Å². The van der Waals surface area contributed by atoms with E-state index in [-0.39, 0.29) is 12.4 Å². The maximum absolute atomic E-state index is 12.1. The van der Waals surface area contributed by atoms with Gasteiger partial charge < -0.3 is 9.84 Å². The SMILES string of the molecule is CCCc1cc(C(O)(CC)CC)ccc1OCC(=O)C(C)(C)C. The number of benzene rings is 1. The van der Waals surface area contributed by atoms with Crippen LogP contribution in [0.3, 0.4) is 0 Å². The molecule has 23 heavy (non-hydrogen) atoms. The molecule has 0 heterocycles. The van der Waals surface area contributed by atoms with E-state index in [9.17, 15) is 9.90 Å². The van der Waals surface area contributed by atoms with Crippen LogP contribution in [0.4, 0.5) is 0 Å². The van der Waals surface area contributed by atoms with Crippen molar-refractivity contribution in [1.82, 2.24) is 0 Å². The summed E-state index contributed by atoms with van der Waals surface area (Å²) in [5.41, 5.74) is 0.810. The molecule has 0 saturated carbocycles. The Bertz CT molecular complexity index is 522. The van der Waals surface area contributed by atoms with Gasteiger partial charge in [-0.3, -0.25) is 4.79 Å². The smallest absolute Gasteiger partial charge is 0.175 e. The molecule has 0 aliphatic rings. The van der Waals surface area contributed by atoms with Crippen LogP contribution in [0.1, 0.15) is 71.9 Å². The van der Waals surface area contributed by atoms with Crippen molar-refractivity contribution in [3.63, 3.8) is 0 Å². The first-order valence-corrected chi connectivity index (χ1v) is 8.69. The molecule has 1 aromatic carbocycles. The van der Waals surface area contributed by atoms with Crippen LogP contribution in [0, 0.1) is 5.41 Å². The number of hydrogen-bond donors (Lipinski definition) is 1. The van der Waals surface area contributed by atoms with E-state index in [4.69, 9.17) is 4.74 Å². The van der Waals surface area contributed by atoms with Crippen molar-refractivity contribution in [2.75, 3.05) is 6.61 Å². The van der Waals surface area contributed by atoms with E-state index in [2.05, 4.69) is 6.92 Å². The molecule has 0 unspecified atom stereocenters. The van der Waals surface area contributed by atoms with Crippen molar-refractivity contribution in [2.45, 2.75) is 72.8 Å². The largest absolute Gasteiger partial charge is 0.486 e. The Morgan fingerprint density at radius 2 is 1.74 bits per heavy atom. The second-order valence-electron chi connectivity index (χ2n) is 7.27. The van der Waals surface area contributed by atoms with Gasteiger partial charge in [-0.15, -0.1) is 0 Å². The van der Waals surface area contributed by atoms with Crippen LogP contribution < -0.4 is 4.74 Å². The second-order valence-corrected chi connectivity index (χ2v) is 7.27. The standard InChI is InChI=1S/C20H32O3/c1-7-10-15-13-16(20(22,8-2)9-3)11-12-17(15)23-14-18(21)19(4,5)6/h11-13,22H,7-10,14H2,1-6H3. The minimum atomic E-state index is -0.789. The second kappa shape index (κ2) is 7.96. The lowest BCUT2D eigenvalue weighted by Crippen LogP contribution is -2.27. The molecule has 130 valence electrons. The Morgan fingerprint density at radius 1 is 1.13 bits per heavy atom. The minimum Gasteiger partial charge on any atom is -0.486 e. The Labute approximate surface area is 141 Å². The number of ether oxygens (including phenoxy) is 1. The monoisotopic (exact) mass is 320 g/mol. The summed E-state index contributed by atoms with van der Waals surface area (Å²) in [5.74, 6) is 0.838. The molecule has 1 aromatic rings. The van der Waals surface area contributed by atoms with Gasteiger partial charge in [0.25, 0.3) is 0 Å². The fourth-order valence-corrected chi connectivity index (χ4v) is 2.49. The lowest BCUT2D eigenvalue weighted by molar-refractivity contribution is -0.128. The molecule has 0 fully saturated rings. The molecule has 0 aromatic heterocycles. The highest BCUT2D eigenvalue weighted by Gasteiger charge is 2.26. The van der Waals surface area contributed by atoms with Gasteiger partial charge in [0.1, 0.15) is 12.4 Å². The Morgan fingerprint density at radius 3 is 2.22 bits per heavy atom. The lowest BCUT2D eigenvalue weighted by atomic mass is 9.87. The van der Waals surface area contributed by atoms with Gasteiger partial charge in [-0.25, -0.2) is 0 Å². The van der Waals surface area contributed by atoms with E-state index in [1.807, 2.05) is 52.8 Å². The molecular weight excluding hydrogens is 288 g/mol. The highest BCUT2D eigenvalue weighted by atomic mass is 16.5. The van der Waals surface area contributed by atoms with Crippen LogP contribution in [0.25, 0.3) is 0 Å². The third-order valence-electron chi connectivity index (χ3n) is 4.48. The maximum Gasteiger partial charge on any atom is 0.175 e. The van der Waals surface area contributed by atoms with Crippen molar-refractivity contribution in [3.8, 4) is 5.75 Å². The van der Waals surface area contributed by atoms with E-state index in [0.717, 1.165) is 29.7 Å². The third-order valence-corrected chi connectivity index (χ3v) is 4.48. The number of ketones is 1. The highest BCUT2D eigenvalue weighted by molar-refractivity contribution is 5.85. The Hall–Kier alpha value is -1.35.